The molecule has 1 N–H and O–H groups in total. The predicted molar refractivity (Wildman–Crippen MR) is 82.9 cm³/mol. The van der Waals surface area contributed by atoms with E-state index in [1.165, 1.54) is 35.3 Å². The fraction of sp³-hybridized carbons (Fsp3) is 0.412. The Hall–Kier alpha value is -1.12. The molecule has 1 atom stereocenters. The van der Waals surface area contributed by atoms with Gasteiger partial charge in [-0.25, -0.2) is 0 Å². The Bertz CT molecular complexity index is 497. The molecule has 1 aliphatic carbocycles. The van der Waals surface area contributed by atoms with Crippen LogP contribution >= 0.6 is 11.3 Å². The van der Waals surface area contributed by atoms with Gasteiger partial charge in [-0.2, -0.15) is 0 Å². The van der Waals surface area contributed by atoms with E-state index in [-0.39, 0.29) is 0 Å². The fourth-order valence-corrected chi connectivity index (χ4v) is 3.57. The first-order valence-corrected chi connectivity index (χ1v) is 8.13. The maximum absolute atomic E-state index is 3.59. The average molecular weight is 271 g/mol. The predicted octanol–water partition coefficient (Wildman–Crippen LogP) is 4.71. The van der Waals surface area contributed by atoms with E-state index in [9.17, 15) is 0 Å². The molecule has 1 nitrogen and oxygen atoms in total. The second-order valence-electron chi connectivity index (χ2n) is 5.30. The number of hydrogen-bond acceptors (Lipinski definition) is 2. The minimum absolute atomic E-state index is 0.348. The van der Waals surface area contributed by atoms with E-state index < -0.39 is 0 Å². The van der Waals surface area contributed by atoms with E-state index in [0.717, 1.165) is 12.5 Å². The standard InChI is InChI=1S/C17H21NS/c1-2-18-17(16-7-4-12-19-16)15-10-8-14(9-11-15)13-5-3-6-13/h4,7-13,17-18H,2-3,5-6H2,1H3. The number of rotatable bonds is 5. The van der Waals surface area contributed by atoms with Crippen LogP contribution in [0.3, 0.4) is 0 Å². The van der Waals surface area contributed by atoms with Gasteiger partial charge >= 0.3 is 0 Å². The van der Waals surface area contributed by atoms with Crippen LogP contribution in [-0.4, -0.2) is 6.54 Å². The fourth-order valence-electron chi connectivity index (χ4n) is 2.74. The highest BCUT2D eigenvalue weighted by molar-refractivity contribution is 7.10. The summed E-state index contributed by atoms with van der Waals surface area (Å²) in [6, 6.07) is 14.0. The van der Waals surface area contributed by atoms with Crippen molar-refractivity contribution in [1.29, 1.82) is 0 Å². The molecule has 0 aliphatic heterocycles. The molecule has 1 heterocycles. The summed E-state index contributed by atoms with van der Waals surface area (Å²) in [4.78, 5) is 1.40. The summed E-state index contributed by atoms with van der Waals surface area (Å²) in [5.74, 6) is 0.827. The largest absolute Gasteiger partial charge is 0.306 e. The summed E-state index contributed by atoms with van der Waals surface area (Å²) in [6.07, 6.45) is 4.16. The van der Waals surface area contributed by atoms with Gasteiger partial charge in [0.25, 0.3) is 0 Å². The molecule has 0 saturated heterocycles. The van der Waals surface area contributed by atoms with Crippen molar-refractivity contribution in [3.63, 3.8) is 0 Å². The molecule has 0 spiro atoms. The van der Waals surface area contributed by atoms with Crippen molar-refractivity contribution >= 4 is 11.3 Å². The second-order valence-corrected chi connectivity index (χ2v) is 6.28. The van der Waals surface area contributed by atoms with Gasteiger partial charge in [-0.1, -0.05) is 43.7 Å². The smallest absolute Gasteiger partial charge is 0.0670 e. The molecule has 2 aromatic rings. The van der Waals surface area contributed by atoms with Crippen molar-refractivity contribution in [2.45, 2.75) is 38.1 Å². The third-order valence-corrected chi connectivity index (χ3v) is 5.02. The van der Waals surface area contributed by atoms with Crippen molar-refractivity contribution in [1.82, 2.24) is 5.32 Å². The van der Waals surface area contributed by atoms with Crippen LogP contribution in [0.1, 0.15) is 54.1 Å². The molecular weight excluding hydrogens is 250 g/mol. The van der Waals surface area contributed by atoms with Crippen molar-refractivity contribution in [3.8, 4) is 0 Å². The van der Waals surface area contributed by atoms with Crippen LogP contribution in [0.25, 0.3) is 0 Å². The lowest BCUT2D eigenvalue weighted by atomic mass is 9.80. The zero-order valence-electron chi connectivity index (χ0n) is 11.4. The summed E-state index contributed by atoms with van der Waals surface area (Å²) >= 11 is 1.83. The van der Waals surface area contributed by atoms with Crippen LogP contribution in [0, 0.1) is 0 Å². The van der Waals surface area contributed by atoms with Gasteiger partial charge in [0, 0.05) is 4.88 Å². The minimum Gasteiger partial charge on any atom is -0.306 e. The topological polar surface area (TPSA) is 12.0 Å². The Morgan fingerprint density at radius 2 is 2.00 bits per heavy atom. The summed E-state index contributed by atoms with van der Waals surface area (Å²) in [6.45, 7) is 3.16. The Morgan fingerprint density at radius 1 is 1.21 bits per heavy atom. The van der Waals surface area contributed by atoms with Crippen LogP contribution in [0.5, 0.6) is 0 Å². The summed E-state index contributed by atoms with van der Waals surface area (Å²) in [7, 11) is 0. The average Bonchev–Trinajstić information content (AvgIpc) is 2.89. The van der Waals surface area contributed by atoms with Crippen LogP contribution in [0.4, 0.5) is 0 Å². The summed E-state index contributed by atoms with van der Waals surface area (Å²) < 4.78 is 0. The lowest BCUT2D eigenvalue weighted by Gasteiger charge is -2.26. The van der Waals surface area contributed by atoms with E-state index in [1.807, 2.05) is 11.3 Å². The number of nitrogens with one attached hydrogen (secondary N) is 1. The SMILES string of the molecule is CCNC(c1ccc(C2CCC2)cc1)c1cccs1. The molecule has 1 saturated carbocycles. The van der Waals surface area contributed by atoms with E-state index in [2.05, 4.69) is 54.0 Å². The van der Waals surface area contributed by atoms with Gasteiger partial charge in [0.1, 0.15) is 0 Å². The van der Waals surface area contributed by atoms with Crippen molar-refractivity contribution < 1.29 is 0 Å². The van der Waals surface area contributed by atoms with Crippen LogP contribution in [-0.2, 0) is 0 Å². The molecule has 0 amide bonds. The molecule has 1 aromatic carbocycles. The monoisotopic (exact) mass is 271 g/mol. The van der Waals surface area contributed by atoms with E-state index in [0.29, 0.717) is 6.04 Å². The Balaban J connectivity index is 1.81. The molecule has 100 valence electrons. The summed E-state index contributed by atoms with van der Waals surface area (Å²) in [5.41, 5.74) is 2.91. The maximum Gasteiger partial charge on any atom is 0.0670 e. The van der Waals surface area contributed by atoms with E-state index in [4.69, 9.17) is 0 Å². The first kappa shape index (κ1) is 12.9. The van der Waals surface area contributed by atoms with Crippen molar-refractivity contribution in [2.24, 2.45) is 0 Å². The molecule has 1 fully saturated rings. The summed E-state index contributed by atoms with van der Waals surface area (Å²) in [5, 5.41) is 5.74. The quantitative estimate of drug-likeness (QED) is 0.830. The van der Waals surface area contributed by atoms with E-state index >= 15 is 0 Å². The maximum atomic E-state index is 3.59. The first-order chi connectivity index (χ1) is 9.38. The number of benzene rings is 1. The van der Waals surface area contributed by atoms with Crippen LogP contribution in [0.15, 0.2) is 41.8 Å². The lowest BCUT2D eigenvalue weighted by molar-refractivity contribution is 0.419. The minimum atomic E-state index is 0.348. The molecule has 2 heteroatoms. The van der Waals surface area contributed by atoms with Gasteiger partial charge in [0.15, 0.2) is 0 Å². The first-order valence-electron chi connectivity index (χ1n) is 7.25. The van der Waals surface area contributed by atoms with Gasteiger partial charge in [-0.15, -0.1) is 11.3 Å². The van der Waals surface area contributed by atoms with Crippen molar-refractivity contribution in [2.75, 3.05) is 6.54 Å². The molecule has 0 bridgehead atoms. The van der Waals surface area contributed by atoms with Crippen LogP contribution in [0.2, 0.25) is 0 Å². The van der Waals surface area contributed by atoms with Gasteiger partial charge in [0.2, 0.25) is 0 Å². The van der Waals surface area contributed by atoms with Gasteiger partial charge < -0.3 is 5.32 Å². The number of hydrogen-bond donors (Lipinski definition) is 1. The lowest BCUT2D eigenvalue weighted by Crippen LogP contribution is -2.21. The van der Waals surface area contributed by atoms with Gasteiger partial charge in [-0.05, 0) is 47.9 Å². The highest BCUT2D eigenvalue weighted by Gasteiger charge is 2.20. The molecule has 1 aromatic heterocycles. The Labute approximate surface area is 119 Å². The molecule has 1 unspecified atom stereocenters. The molecular formula is C17H21NS. The Morgan fingerprint density at radius 3 is 2.53 bits per heavy atom. The molecule has 19 heavy (non-hydrogen) atoms. The number of thiophene rings is 1. The zero-order valence-corrected chi connectivity index (χ0v) is 12.2. The highest BCUT2D eigenvalue weighted by atomic mass is 32.1. The zero-order chi connectivity index (χ0) is 13.1. The van der Waals surface area contributed by atoms with Crippen LogP contribution < -0.4 is 5.32 Å². The van der Waals surface area contributed by atoms with E-state index in [1.54, 1.807) is 0 Å². The normalized spacial score (nSPS) is 17.1. The Kier molecular flexibility index (Phi) is 4.00. The van der Waals surface area contributed by atoms with Gasteiger partial charge in [0.05, 0.1) is 6.04 Å². The van der Waals surface area contributed by atoms with Gasteiger partial charge in [-0.3, -0.25) is 0 Å². The third-order valence-electron chi connectivity index (χ3n) is 4.08. The second kappa shape index (κ2) is 5.89. The molecule has 3 rings (SSSR count). The third kappa shape index (κ3) is 2.75. The van der Waals surface area contributed by atoms with Crippen molar-refractivity contribution in [3.05, 3.63) is 57.8 Å². The highest BCUT2D eigenvalue weighted by Crippen LogP contribution is 2.37. The molecule has 1 aliphatic rings. The molecule has 0 radical (unpaired) electrons.